The van der Waals surface area contributed by atoms with Gasteiger partial charge in [0.1, 0.15) is 0 Å². The third-order valence-electron chi connectivity index (χ3n) is 2.50. The summed E-state index contributed by atoms with van der Waals surface area (Å²) in [7, 11) is 0. The van der Waals surface area contributed by atoms with Crippen LogP contribution >= 0.6 is 0 Å². The first-order valence-corrected chi connectivity index (χ1v) is 5.81. The Hall–Kier alpha value is -2.14. The number of hydrogen-bond donors (Lipinski definition) is 3. The van der Waals surface area contributed by atoms with E-state index in [9.17, 15) is 4.79 Å². The summed E-state index contributed by atoms with van der Waals surface area (Å²) in [5.41, 5.74) is 1.44. The molecule has 18 heavy (non-hydrogen) atoms. The fourth-order valence-electron chi connectivity index (χ4n) is 1.65. The van der Waals surface area contributed by atoms with Crippen LogP contribution in [0.15, 0.2) is 36.5 Å². The van der Waals surface area contributed by atoms with Gasteiger partial charge < -0.3 is 15.7 Å². The number of aliphatic hydroxyl groups is 1. The van der Waals surface area contributed by atoms with Crippen molar-refractivity contribution in [2.75, 3.05) is 18.5 Å². The van der Waals surface area contributed by atoms with E-state index in [2.05, 4.69) is 15.6 Å². The van der Waals surface area contributed by atoms with Crippen LogP contribution in [-0.4, -0.2) is 29.3 Å². The number of carbonyl (C=O) groups is 1. The lowest BCUT2D eigenvalue weighted by atomic mass is 10.2. The van der Waals surface area contributed by atoms with Crippen molar-refractivity contribution < 1.29 is 9.90 Å². The number of urea groups is 1. The first-order valence-electron chi connectivity index (χ1n) is 5.81. The van der Waals surface area contributed by atoms with Crippen LogP contribution in [0.3, 0.4) is 0 Å². The lowest BCUT2D eigenvalue weighted by molar-refractivity contribution is 0.249. The molecule has 2 amide bonds. The van der Waals surface area contributed by atoms with Crippen molar-refractivity contribution in [3.63, 3.8) is 0 Å². The van der Waals surface area contributed by atoms with Gasteiger partial charge in [0.25, 0.3) is 0 Å². The smallest absolute Gasteiger partial charge is 0.319 e. The molecule has 0 aliphatic rings. The highest BCUT2D eigenvalue weighted by Crippen LogP contribution is 2.20. The molecule has 94 valence electrons. The Labute approximate surface area is 105 Å². The zero-order valence-corrected chi connectivity index (χ0v) is 9.89. The number of rotatable bonds is 4. The van der Waals surface area contributed by atoms with Crippen LogP contribution < -0.4 is 10.6 Å². The van der Waals surface area contributed by atoms with Gasteiger partial charge in [0.15, 0.2) is 0 Å². The third-order valence-corrected chi connectivity index (χ3v) is 2.50. The van der Waals surface area contributed by atoms with Gasteiger partial charge in [-0.15, -0.1) is 0 Å². The minimum atomic E-state index is -0.290. The highest BCUT2D eigenvalue weighted by Gasteiger charge is 2.05. The predicted octanol–water partition coefficient (Wildman–Crippen LogP) is 1.74. The summed E-state index contributed by atoms with van der Waals surface area (Å²) >= 11 is 0. The number of aliphatic hydroxyl groups excluding tert-OH is 1. The van der Waals surface area contributed by atoms with E-state index in [1.165, 1.54) is 0 Å². The second kappa shape index (κ2) is 5.97. The number of aromatic nitrogens is 1. The standard InChI is InChI=1S/C13H15N3O2/c17-9-3-8-15-13(18)16-11-6-1-4-10-5-2-7-14-12(10)11/h1-2,4-7,17H,3,8-9H2,(H2,15,16,18). The predicted molar refractivity (Wildman–Crippen MR) is 70.5 cm³/mol. The fraction of sp³-hybridized carbons (Fsp3) is 0.231. The Balaban J connectivity index is 2.09. The van der Waals surface area contributed by atoms with Gasteiger partial charge in [-0.1, -0.05) is 18.2 Å². The maximum atomic E-state index is 11.6. The first-order chi connectivity index (χ1) is 8.81. The average Bonchev–Trinajstić information content (AvgIpc) is 2.39. The molecule has 0 bridgehead atoms. The number of benzene rings is 1. The summed E-state index contributed by atoms with van der Waals surface area (Å²) in [6, 6.07) is 9.12. The molecular formula is C13H15N3O2. The highest BCUT2D eigenvalue weighted by molar-refractivity contribution is 5.99. The van der Waals surface area contributed by atoms with Gasteiger partial charge in [-0.05, 0) is 18.6 Å². The van der Waals surface area contributed by atoms with E-state index in [1.807, 2.05) is 24.3 Å². The Morgan fingerprint density at radius 1 is 1.28 bits per heavy atom. The minimum absolute atomic E-state index is 0.0656. The molecule has 5 heteroatoms. The maximum absolute atomic E-state index is 11.6. The number of pyridine rings is 1. The van der Waals surface area contributed by atoms with Crippen molar-refractivity contribution in [1.82, 2.24) is 10.3 Å². The van der Waals surface area contributed by atoms with Gasteiger partial charge in [0.05, 0.1) is 11.2 Å². The zero-order chi connectivity index (χ0) is 12.8. The third kappa shape index (κ3) is 2.95. The van der Waals surface area contributed by atoms with Crippen LogP contribution in [0.5, 0.6) is 0 Å². The minimum Gasteiger partial charge on any atom is -0.396 e. The van der Waals surface area contributed by atoms with E-state index in [4.69, 9.17) is 5.11 Å². The number of carbonyl (C=O) groups excluding carboxylic acids is 1. The van der Waals surface area contributed by atoms with Gasteiger partial charge >= 0.3 is 6.03 Å². The van der Waals surface area contributed by atoms with Crippen LogP contribution in [0.1, 0.15) is 6.42 Å². The van der Waals surface area contributed by atoms with E-state index in [-0.39, 0.29) is 12.6 Å². The summed E-state index contributed by atoms with van der Waals surface area (Å²) in [4.78, 5) is 15.8. The van der Waals surface area contributed by atoms with Crippen LogP contribution in [0.2, 0.25) is 0 Å². The Morgan fingerprint density at radius 3 is 2.94 bits per heavy atom. The molecule has 2 aromatic rings. The van der Waals surface area contributed by atoms with Crippen LogP contribution in [0, 0.1) is 0 Å². The molecule has 1 aromatic heterocycles. The van der Waals surface area contributed by atoms with Crippen molar-refractivity contribution in [1.29, 1.82) is 0 Å². The normalized spacial score (nSPS) is 10.3. The molecule has 0 saturated heterocycles. The average molecular weight is 245 g/mol. The topological polar surface area (TPSA) is 74.2 Å². The molecule has 5 nitrogen and oxygen atoms in total. The van der Waals surface area contributed by atoms with Crippen molar-refractivity contribution in [2.24, 2.45) is 0 Å². The Bertz CT molecular complexity index is 537. The summed E-state index contributed by atoms with van der Waals surface area (Å²) in [6.45, 7) is 0.511. The SMILES string of the molecule is O=C(NCCCO)Nc1cccc2cccnc12. The Kier molecular flexibility index (Phi) is 4.09. The molecule has 0 atom stereocenters. The van der Waals surface area contributed by atoms with Crippen molar-refractivity contribution in [2.45, 2.75) is 6.42 Å². The van der Waals surface area contributed by atoms with Crippen molar-refractivity contribution in [3.05, 3.63) is 36.5 Å². The Morgan fingerprint density at radius 2 is 2.11 bits per heavy atom. The molecule has 0 spiro atoms. The van der Waals surface area contributed by atoms with Gasteiger partial charge in [-0.25, -0.2) is 4.79 Å². The number of hydrogen-bond acceptors (Lipinski definition) is 3. The molecule has 0 unspecified atom stereocenters. The second-order valence-corrected chi connectivity index (χ2v) is 3.84. The number of amides is 2. The summed E-state index contributed by atoms with van der Waals surface area (Å²) in [5, 5.41) is 15.0. The second-order valence-electron chi connectivity index (χ2n) is 3.84. The van der Waals surface area contributed by atoms with Gasteiger partial charge in [-0.3, -0.25) is 4.98 Å². The van der Waals surface area contributed by atoms with Crippen LogP contribution in [0.25, 0.3) is 10.9 Å². The lowest BCUT2D eigenvalue weighted by Crippen LogP contribution is -2.30. The summed E-state index contributed by atoms with van der Waals surface area (Å²) in [6.07, 6.45) is 2.23. The van der Waals surface area contributed by atoms with E-state index in [1.54, 1.807) is 12.3 Å². The largest absolute Gasteiger partial charge is 0.396 e. The molecule has 3 N–H and O–H groups in total. The van der Waals surface area contributed by atoms with E-state index in [0.717, 1.165) is 10.9 Å². The molecular weight excluding hydrogens is 230 g/mol. The van der Waals surface area contributed by atoms with Crippen molar-refractivity contribution >= 4 is 22.6 Å². The molecule has 1 heterocycles. The fourth-order valence-corrected chi connectivity index (χ4v) is 1.65. The molecule has 0 aliphatic carbocycles. The molecule has 0 aliphatic heterocycles. The van der Waals surface area contributed by atoms with Gasteiger partial charge in [-0.2, -0.15) is 0 Å². The molecule has 2 rings (SSSR count). The quantitative estimate of drug-likeness (QED) is 0.718. The van der Waals surface area contributed by atoms with E-state index < -0.39 is 0 Å². The summed E-state index contributed by atoms with van der Waals surface area (Å²) < 4.78 is 0. The molecule has 0 saturated carbocycles. The highest BCUT2D eigenvalue weighted by atomic mass is 16.3. The number of anilines is 1. The maximum Gasteiger partial charge on any atom is 0.319 e. The summed E-state index contributed by atoms with van der Waals surface area (Å²) in [5.74, 6) is 0. The number of nitrogens with one attached hydrogen (secondary N) is 2. The van der Waals surface area contributed by atoms with Gasteiger partial charge in [0.2, 0.25) is 0 Å². The van der Waals surface area contributed by atoms with Gasteiger partial charge in [0, 0.05) is 24.7 Å². The van der Waals surface area contributed by atoms with E-state index in [0.29, 0.717) is 18.7 Å². The molecule has 0 radical (unpaired) electrons. The van der Waals surface area contributed by atoms with Crippen LogP contribution in [0.4, 0.5) is 10.5 Å². The van der Waals surface area contributed by atoms with E-state index >= 15 is 0 Å². The monoisotopic (exact) mass is 245 g/mol. The zero-order valence-electron chi connectivity index (χ0n) is 9.89. The number of fused-ring (bicyclic) bond motifs is 1. The molecule has 1 aromatic carbocycles. The lowest BCUT2D eigenvalue weighted by Gasteiger charge is -2.08. The van der Waals surface area contributed by atoms with Crippen molar-refractivity contribution in [3.8, 4) is 0 Å². The molecule has 0 fully saturated rings. The number of nitrogens with zero attached hydrogens (tertiary/aromatic N) is 1. The number of para-hydroxylation sites is 1. The first kappa shape index (κ1) is 12.3. The van der Waals surface area contributed by atoms with Crippen LogP contribution in [-0.2, 0) is 0 Å².